The van der Waals surface area contributed by atoms with Crippen LogP contribution in [0.3, 0.4) is 0 Å². The lowest BCUT2D eigenvalue weighted by Crippen LogP contribution is -2.42. The van der Waals surface area contributed by atoms with Gasteiger partial charge in [-0.05, 0) is 37.2 Å². The average Bonchev–Trinajstić information content (AvgIpc) is 3.03. The van der Waals surface area contributed by atoms with Gasteiger partial charge in [0, 0.05) is 31.9 Å². The first-order chi connectivity index (χ1) is 12.4. The van der Waals surface area contributed by atoms with Crippen LogP contribution in [0, 0.1) is 5.41 Å². The van der Waals surface area contributed by atoms with Gasteiger partial charge in [0.25, 0.3) is 0 Å². The summed E-state index contributed by atoms with van der Waals surface area (Å²) in [6.07, 6.45) is 2.33. The Hall–Kier alpha value is -1.26. The number of likely N-dealkylation sites (tertiary alicyclic amines) is 1. The van der Waals surface area contributed by atoms with Gasteiger partial charge in [0.15, 0.2) is 12.6 Å². The summed E-state index contributed by atoms with van der Waals surface area (Å²) in [6.45, 7) is 4.01. The van der Waals surface area contributed by atoms with Gasteiger partial charge in [0.05, 0.1) is 6.54 Å². The van der Waals surface area contributed by atoms with Crippen molar-refractivity contribution < 1.29 is 17.9 Å². The van der Waals surface area contributed by atoms with Gasteiger partial charge in [-0.3, -0.25) is 0 Å². The Morgan fingerprint density at radius 3 is 2.63 bits per heavy atom. The summed E-state index contributed by atoms with van der Waals surface area (Å²) in [5.74, 6) is 0.863. The lowest BCUT2D eigenvalue weighted by molar-refractivity contribution is -0.154. The monoisotopic (exact) mass is 498 g/mol. The fraction of sp³-hybridized carbons (Fsp3) is 0.667. The molecule has 1 saturated carbocycles. The lowest BCUT2D eigenvalue weighted by Gasteiger charge is -2.38. The molecule has 0 radical (unpaired) electrons. The van der Waals surface area contributed by atoms with Crippen LogP contribution in [0.4, 0.5) is 13.2 Å². The van der Waals surface area contributed by atoms with Crippen LogP contribution in [0.15, 0.2) is 23.3 Å². The fourth-order valence-electron chi connectivity index (χ4n) is 3.54. The molecule has 5 nitrogen and oxygen atoms in total. The van der Waals surface area contributed by atoms with Gasteiger partial charge < -0.3 is 15.0 Å². The van der Waals surface area contributed by atoms with Gasteiger partial charge in [-0.2, -0.15) is 13.2 Å². The molecule has 2 heterocycles. The summed E-state index contributed by atoms with van der Waals surface area (Å²) in [7, 11) is 0. The van der Waals surface area contributed by atoms with Crippen LogP contribution in [-0.2, 0) is 6.54 Å². The van der Waals surface area contributed by atoms with Crippen LogP contribution in [0.2, 0.25) is 0 Å². The van der Waals surface area contributed by atoms with E-state index in [0.717, 1.165) is 31.2 Å². The van der Waals surface area contributed by atoms with E-state index < -0.39 is 12.8 Å². The van der Waals surface area contributed by atoms with E-state index >= 15 is 0 Å². The van der Waals surface area contributed by atoms with Gasteiger partial charge in [0.2, 0.25) is 5.88 Å². The van der Waals surface area contributed by atoms with E-state index in [9.17, 15) is 13.2 Å². The fourth-order valence-corrected chi connectivity index (χ4v) is 3.54. The smallest absolute Gasteiger partial charge is 0.422 e. The third-order valence-corrected chi connectivity index (χ3v) is 5.08. The molecule has 9 heteroatoms. The highest BCUT2D eigenvalue weighted by atomic mass is 127. The summed E-state index contributed by atoms with van der Waals surface area (Å²) in [6, 6.07) is 3.14. The summed E-state index contributed by atoms with van der Waals surface area (Å²) in [4.78, 5) is 10.9. The molecule has 0 aromatic carbocycles. The molecule has 0 bridgehead atoms. The summed E-state index contributed by atoms with van der Waals surface area (Å²) >= 11 is 0. The van der Waals surface area contributed by atoms with Crippen LogP contribution in [-0.4, -0.2) is 48.3 Å². The zero-order chi connectivity index (χ0) is 18.6. The Bertz CT molecular complexity index is 632. The van der Waals surface area contributed by atoms with Crippen LogP contribution in [0.25, 0.3) is 0 Å². The number of nitrogens with one attached hydrogen (secondary N) is 1. The van der Waals surface area contributed by atoms with Crippen molar-refractivity contribution in [3.63, 3.8) is 0 Å². The zero-order valence-corrected chi connectivity index (χ0v) is 17.7. The molecular weight excluding hydrogens is 472 g/mol. The van der Waals surface area contributed by atoms with Gasteiger partial charge in [0.1, 0.15) is 0 Å². The average molecular weight is 498 g/mol. The van der Waals surface area contributed by atoms with Crippen molar-refractivity contribution in [2.45, 2.75) is 45.3 Å². The SMILES string of the molecule is CCNC(=NCc1ccc(OCC(F)(F)F)nc1)N1CCC2(CCC2)C1.I. The first-order valence-electron chi connectivity index (χ1n) is 9.07. The van der Waals surface area contributed by atoms with Crippen molar-refractivity contribution in [1.29, 1.82) is 0 Å². The van der Waals surface area contributed by atoms with E-state index in [1.807, 2.05) is 6.92 Å². The van der Waals surface area contributed by atoms with Crippen LogP contribution in [0.5, 0.6) is 5.88 Å². The first kappa shape index (κ1) is 22.0. The molecule has 1 aromatic heterocycles. The van der Waals surface area contributed by atoms with Crippen molar-refractivity contribution in [3.05, 3.63) is 23.9 Å². The number of rotatable bonds is 5. The number of alkyl halides is 3. The summed E-state index contributed by atoms with van der Waals surface area (Å²) < 4.78 is 41.1. The third-order valence-electron chi connectivity index (χ3n) is 5.08. The highest BCUT2D eigenvalue weighted by Gasteiger charge is 2.43. The van der Waals surface area contributed by atoms with Crippen LogP contribution < -0.4 is 10.1 Å². The minimum Gasteiger partial charge on any atom is -0.468 e. The molecule has 1 aliphatic carbocycles. The number of halogens is 4. The van der Waals surface area contributed by atoms with E-state index in [-0.39, 0.29) is 29.9 Å². The van der Waals surface area contributed by atoms with Crippen molar-refractivity contribution in [2.24, 2.45) is 10.4 Å². The lowest BCUT2D eigenvalue weighted by atomic mass is 9.68. The molecule has 1 aliphatic heterocycles. The minimum absolute atomic E-state index is 0. The van der Waals surface area contributed by atoms with E-state index in [4.69, 9.17) is 0 Å². The molecule has 1 spiro atoms. The number of aliphatic imine (C=N–C) groups is 1. The first-order valence-corrected chi connectivity index (χ1v) is 9.07. The Morgan fingerprint density at radius 2 is 2.11 bits per heavy atom. The molecule has 2 aliphatic rings. The summed E-state index contributed by atoms with van der Waals surface area (Å²) in [5, 5.41) is 3.33. The number of nitrogens with zero attached hydrogens (tertiary/aromatic N) is 3. The van der Waals surface area contributed by atoms with E-state index in [1.54, 1.807) is 6.07 Å². The van der Waals surface area contributed by atoms with Crippen LogP contribution in [0.1, 0.15) is 38.2 Å². The van der Waals surface area contributed by atoms with Crippen molar-refractivity contribution in [1.82, 2.24) is 15.2 Å². The molecule has 0 unspecified atom stereocenters. The maximum atomic E-state index is 12.2. The summed E-state index contributed by atoms with van der Waals surface area (Å²) in [5.41, 5.74) is 1.33. The highest BCUT2D eigenvalue weighted by molar-refractivity contribution is 14.0. The molecule has 1 aromatic rings. The van der Waals surface area contributed by atoms with Gasteiger partial charge in [-0.25, -0.2) is 9.98 Å². The molecule has 3 rings (SSSR count). The van der Waals surface area contributed by atoms with Gasteiger partial charge in [-0.15, -0.1) is 24.0 Å². The third kappa shape index (κ3) is 6.11. The molecule has 27 heavy (non-hydrogen) atoms. The molecule has 1 N–H and O–H groups in total. The molecule has 2 fully saturated rings. The van der Waals surface area contributed by atoms with Crippen molar-refractivity contribution >= 4 is 29.9 Å². The second kappa shape index (κ2) is 9.29. The highest BCUT2D eigenvalue weighted by Crippen LogP contribution is 2.47. The predicted molar refractivity (Wildman–Crippen MR) is 108 cm³/mol. The molecule has 1 saturated heterocycles. The number of ether oxygens (including phenoxy) is 1. The molecular formula is C18H26F3IN4O. The maximum Gasteiger partial charge on any atom is 0.422 e. The van der Waals surface area contributed by atoms with Crippen molar-refractivity contribution in [3.8, 4) is 5.88 Å². The molecule has 0 atom stereocenters. The molecule has 152 valence electrons. The van der Waals surface area contributed by atoms with Crippen molar-refractivity contribution in [2.75, 3.05) is 26.2 Å². The normalized spacial score (nSPS) is 18.8. The van der Waals surface area contributed by atoms with E-state index in [0.29, 0.717) is 12.0 Å². The Kier molecular flexibility index (Phi) is 7.58. The maximum absolute atomic E-state index is 12.2. The van der Waals surface area contributed by atoms with Gasteiger partial charge >= 0.3 is 6.18 Å². The van der Waals surface area contributed by atoms with Crippen LogP contribution >= 0.6 is 24.0 Å². The number of aromatic nitrogens is 1. The Labute approximate surface area is 174 Å². The largest absolute Gasteiger partial charge is 0.468 e. The standard InChI is InChI=1S/C18H25F3N4O.HI/c1-2-22-16(25-9-8-17(12-25)6-3-7-17)24-11-14-4-5-15(23-10-14)26-13-18(19,20)21;/h4-5,10H,2-3,6-9,11-13H2,1H3,(H,22,24);1H. The zero-order valence-electron chi connectivity index (χ0n) is 15.4. The second-order valence-corrected chi connectivity index (χ2v) is 7.10. The topological polar surface area (TPSA) is 49.8 Å². The predicted octanol–water partition coefficient (Wildman–Crippen LogP) is 3.98. The van der Waals surface area contributed by atoms with E-state index in [2.05, 4.69) is 24.9 Å². The number of pyridine rings is 1. The minimum atomic E-state index is -4.36. The Morgan fingerprint density at radius 1 is 1.33 bits per heavy atom. The Balaban J connectivity index is 0.00000261. The van der Waals surface area contributed by atoms with Gasteiger partial charge in [-0.1, -0.05) is 12.5 Å². The number of hydrogen-bond acceptors (Lipinski definition) is 3. The quantitative estimate of drug-likeness (QED) is 0.379. The number of guanidine groups is 1. The molecule has 0 amide bonds. The van der Waals surface area contributed by atoms with E-state index in [1.165, 1.54) is 37.9 Å². The second-order valence-electron chi connectivity index (χ2n) is 7.10. The number of hydrogen-bond donors (Lipinski definition) is 1.